The summed E-state index contributed by atoms with van der Waals surface area (Å²) < 4.78 is 12.8. The van der Waals surface area contributed by atoms with E-state index in [0.29, 0.717) is 5.88 Å². The molecule has 0 spiro atoms. The van der Waals surface area contributed by atoms with Crippen LogP contribution in [0.5, 0.6) is 0 Å². The molecule has 1 heterocycles. The van der Waals surface area contributed by atoms with Crippen molar-refractivity contribution in [3.05, 3.63) is 41.2 Å². The molecule has 1 atom stereocenters. The van der Waals surface area contributed by atoms with Crippen LogP contribution in [0.2, 0.25) is 0 Å². The van der Waals surface area contributed by atoms with Gasteiger partial charge in [-0.2, -0.15) is 0 Å². The zero-order chi connectivity index (χ0) is 10.8. The molecule has 0 fully saturated rings. The molecule has 2 rings (SSSR count). The van der Waals surface area contributed by atoms with Gasteiger partial charge in [0.1, 0.15) is 11.3 Å². The fraction of sp³-hybridized carbons (Fsp3) is 0.200. The van der Waals surface area contributed by atoms with Crippen molar-refractivity contribution in [1.82, 2.24) is 0 Å². The average Bonchev–Trinajstić information content (AvgIpc) is 2.61. The van der Waals surface area contributed by atoms with Gasteiger partial charge in [-0.1, -0.05) is 11.8 Å². The normalized spacial score (nSPS) is 20.6. The lowest BCUT2D eigenvalue weighted by Crippen LogP contribution is -2.35. The summed E-state index contributed by atoms with van der Waals surface area (Å²) in [5.41, 5.74) is 7.53. The maximum absolute atomic E-state index is 12.8. The van der Waals surface area contributed by atoms with Crippen LogP contribution in [0, 0.1) is 5.82 Å². The first-order chi connectivity index (χ1) is 7.22. The molecule has 0 bridgehead atoms. The summed E-state index contributed by atoms with van der Waals surface area (Å²) in [6.07, 6.45) is 0. The van der Waals surface area contributed by atoms with Gasteiger partial charge in [0.05, 0.1) is 5.88 Å². The van der Waals surface area contributed by atoms with E-state index in [0.717, 1.165) is 11.4 Å². The molecule has 0 saturated heterocycles. The summed E-state index contributed by atoms with van der Waals surface area (Å²) in [6.45, 7) is 0. The Balaban J connectivity index is 2.29. The molecule has 1 aromatic carbocycles. The van der Waals surface area contributed by atoms with Crippen molar-refractivity contribution in [3.8, 4) is 0 Å². The number of alkyl halides is 1. The van der Waals surface area contributed by atoms with Crippen LogP contribution < -0.4 is 10.6 Å². The summed E-state index contributed by atoms with van der Waals surface area (Å²) in [5, 5.41) is 1.93. The van der Waals surface area contributed by atoms with Gasteiger partial charge < -0.3 is 10.6 Å². The number of benzene rings is 1. The maximum atomic E-state index is 12.8. The highest BCUT2D eigenvalue weighted by Gasteiger charge is 2.24. The van der Waals surface area contributed by atoms with Gasteiger partial charge in [-0.25, -0.2) is 4.39 Å². The van der Waals surface area contributed by atoms with E-state index in [1.165, 1.54) is 23.9 Å². The molecular weight excluding hydrogens is 235 g/mol. The highest BCUT2D eigenvalue weighted by atomic mass is 35.5. The van der Waals surface area contributed by atoms with Crippen molar-refractivity contribution in [1.29, 1.82) is 0 Å². The number of hydrogen-bond donors (Lipinski definition) is 1. The van der Waals surface area contributed by atoms with E-state index in [1.807, 2.05) is 10.3 Å². The smallest absolute Gasteiger partial charge is 0.133 e. The first-order valence-corrected chi connectivity index (χ1v) is 5.91. The standard InChI is InChI=1S/C10H10ClFN2S/c11-5-9-6-15-10(13)14(9)8-3-1-7(12)2-4-8/h1-4,6,10H,5,13H2. The number of nitrogens with two attached hydrogens (primary N) is 1. The predicted molar refractivity (Wildman–Crippen MR) is 63.2 cm³/mol. The Kier molecular flexibility index (Phi) is 3.19. The highest BCUT2D eigenvalue weighted by Crippen LogP contribution is 2.33. The number of rotatable bonds is 2. The molecule has 80 valence electrons. The zero-order valence-corrected chi connectivity index (χ0v) is 9.43. The van der Waals surface area contributed by atoms with Crippen LogP contribution in [-0.4, -0.2) is 11.4 Å². The monoisotopic (exact) mass is 244 g/mol. The molecule has 2 nitrogen and oxygen atoms in total. The molecule has 0 saturated carbocycles. The van der Waals surface area contributed by atoms with E-state index in [2.05, 4.69) is 0 Å². The molecule has 5 heteroatoms. The van der Waals surface area contributed by atoms with Crippen LogP contribution in [0.1, 0.15) is 0 Å². The summed E-state index contributed by atoms with van der Waals surface area (Å²) in [6, 6.07) is 6.22. The number of halogens is 2. The Bertz CT molecular complexity index is 380. The second-order valence-electron chi connectivity index (χ2n) is 3.12. The Morgan fingerprint density at radius 3 is 2.67 bits per heavy atom. The van der Waals surface area contributed by atoms with Crippen LogP contribution in [0.25, 0.3) is 0 Å². The molecule has 1 unspecified atom stereocenters. The van der Waals surface area contributed by atoms with Crippen molar-refractivity contribution in [2.45, 2.75) is 5.50 Å². The van der Waals surface area contributed by atoms with Crippen molar-refractivity contribution in [3.63, 3.8) is 0 Å². The Labute approximate surface area is 96.9 Å². The Hall–Kier alpha value is -0.710. The topological polar surface area (TPSA) is 29.3 Å². The summed E-state index contributed by atoms with van der Waals surface area (Å²) in [7, 11) is 0. The first kappa shape index (κ1) is 10.8. The predicted octanol–water partition coefficient (Wildman–Crippen LogP) is 2.70. The van der Waals surface area contributed by atoms with Gasteiger partial charge in [-0.15, -0.1) is 11.6 Å². The van der Waals surface area contributed by atoms with E-state index >= 15 is 0 Å². The van der Waals surface area contributed by atoms with Crippen LogP contribution in [0.3, 0.4) is 0 Å². The first-order valence-electron chi connectivity index (χ1n) is 4.43. The molecule has 1 aromatic rings. The van der Waals surface area contributed by atoms with Gasteiger partial charge in [0.25, 0.3) is 0 Å². The van der Waals surface area contributed by atoms with Crippen molar-refractivity contribution >= 4 is 29.1 Å². The second kappa shape index (κ2) is 4.43. The van der Waals surface area contributed by atoms with Crippen LogP contribution in [0.4, 0.5) is 10.1 Å². The quantitative estimate of drug-likeness (QED) is 0.812. The molecule has 0 aromatic heterocycles. The van der Waals surface area contributed by atoms with Gasteiger partial charge in [0, 0.05) is 11.4 Å². The molecule has 2 N–H and O–H groups in total. The third kappa shape index (κ3) is 2.12. The van der Waals surface area contributed by atoms with E-state index in [1.54, 1.807) is 12.1 Å². The van der Waals surface area contributed by atoms with E-state index < -0.39 is 0 Å². The van der Waals surface area contributed by atoms with E-state index in [-0.39, 0.29) is 11.3 Å². The third-order valence-electron chi connectivity index (χ3n) is 2.15. The molecule has 0 radical (unpaired) electrons. The molecule has 0 aliphatic carbocycles. The number of allylic oxidation sites excluding steroid dienone is 1. The molecule has 1 aliphatic rings. The summed E-state index contributed by atoms with van der Waals surface area (Å²) in [5.74, 6) is 0.147. The van der Waals surface area contributed by atoms with Crippen LogP contribution >= 0.6 is 23.4 Å². The fourth-order valence-electron chi connectivity index (χ4n) is 1.44. The molecule has 0 amide bonds. The highest BCUT2D eigenvalue weighted by molar-refractivity contribution is 8.03. The lowest BCUT2D eigenvalue weighted by molar-refractivity contribution is 0.627. The molecule has 1 aliphatic heterocycles. The van der Waals surface area contributed by atoms with Crippen molar-refractivity contribution < 1.29 is 4.39 Å². The Morgan fingerprint density at radius 1 is 1.40 bits per heavy atom. The SMILES string of the molecule is NC1SC=C(CCl)N1c1ccc(F)cc1. The lowest BCUT2D eigenvalue weighted by Gasteiger charge is -2.25. The minimum atomic E-state index is -0.254. The van der Waals surface area contributed by atoms with Gasteiger partial charge in [-0.3, -0.25) is 0 Å². The largest absolute Gasteiger partial charge is 0.318 e. The Morgan fingerprint density at radius 2 is 2.07 bits per heavy atom. The van der Waals surface area contributed by atoms with E-state index in [9.17, 15) is 4.39 Å². The molecule has 15 heavy (non-hydrogen) atoms. The van der Waals surface area contributed by atoms with Gasteiger partial charge in [0.2, 0.25) is 0 Å². The maximum Gasteiger partial charge on any atom is 0.133 e. The summed E-state index contributed by atoms with van der Waals surface area (Å²) >= 11 is 7.30. The number of thioether (sulfide) groups is 1. The van der Waals surface area contributed by atoms with Crippen molar-refractivity contribution in [2.24, 2.45) is 5.73 Å². The van der Waals surface area contributed by atoms with Crippen molar-refractivity contribution in [2.75, 3.05) is 10.8 Å². The number of nitrogens with zero attached hydrogens (tertiary/aromatic N) is 1. The lowest BCUT2D eigenvalue weighted by atomic mass is 10.3. The van der Waals surface area contributed by atoms with Gasteiger partial charge in [0.15, 0.2) is 0 Å². The number of anilines is 1. The minimum absolute atomic E-state index is 0.177. The fourth-order valence-corrected chi connectivity index (χ4v) is 2.61. The average molecular weight is 245 g/mol. The minimum Gasteiger partial charge on any atom is -0.318 e. The van der Waals surface area contributed by atoms with Crippen LogP contribution in [0.15, 0.2) is 35.4 Å². The zero-order valence-electron chi connectivity index (χ0n) is 7.86. The van der Waals surface area contributed by atoms with Gasteiger partial charge in [-0.05, 0) is 29.7 Å². The summed E-state index contributed by atoms with van der Waals surface area (Å²) in [4.78, 5) is 1.90. The second-order valence-corrected chi connectivity index (χ2v) is 4.37. The number of hydrogen-bond acceptors (Lipinski definition) is 3. The molecular formula is C10H10ClFN2S. The van der Waals surface area contributed by atoms with Gasteiger partial charge >= 0.3 is 0 Å². The van der Waals surface area contributed by atoms with E-state index in [4.69, 9.17) is 17.3 Å². The van der Waals surface area contributed by atoms with Crippen LogP contribution in [-0.2, 0) is 0 Å². The third-order valence-corrected chi connectivity index (χ3v) is 3.32.